The summed E-state index contributed by atoms with van der Waals surface area (Å²) in [5.41, 5.74) is 7.17. The molecule has 15 heavy (non-hydrogen) atoms. The summed E-state index contributed by atoms with van der Waals surface area (Å²) < 4.78 is 5.50. The quantitative estimate of drug-likeness (QED) is 0.850. The van der Waals surface area contributed by atoms with Crippen LogP contribution in [-0.4, -0.2) is 4.98 Å². The molecule has 1 heterocycles. The summed E-state index contributed by atoms with van der Waals surface area (Å²) in [4.78, 5) is 4.29. The van der Waals surface area contributed by atoms with Gasteiger partial charge in [0.15, 0.2) is 0 Å². The molecule has 0 bridgehead atoms. The Morgan fingerprint density at radius 1 is 1.47 bits per heavy atom. The van der Waals surface area contributed by atoms with Crippen LogP contribution in [0.2, 0.25) is 5.02 Å². The molecule has 0 aliphatic rings. The van der Waals surface area contributed by atoms with Crippen molar-refractivity contribution in [3.63, 3.8) is 0 Å². The van der Waals surface area contributed by atoms with Crippen molar-refractivity contribution in [2.24, 2.45) is 5.73 Å². The normalized spacial score (nSPS) is 10.6. The Kier molecular flexibility index (Phi) is 2.75. The SMILES string of the molecule is Cc1oc(-c2cccc(Cl)c2)nc1CN. The Hall–Kier alpha value is -1.32. The topological polar surface area (TPSA) is 52.0 Å². The van der Waals surface area contributed by atoms with E-state index in [-0.39, 0.29) is 0 Å². The first-order valence-electron chi connectivity index (χ1n) is 4.63. The maximum atomic E-state index is 5.88. The molecule has 78 valence electrons. The number of nitrogens with zero attached hydrogens (tertiary/aromatic N) is 1. The van der Waals surface area contributed by atoms with Gasteiger partial charge >= 0.3 is 0 Å². The number of rotatable bonds is 2. The minimum atomic E-state index is 0.385. The van der Waals surface area contributed by atoms with E-state index in [4.69, 9.17) is 21.8 Å². The molecule has 0 spiro atoms. The van der Waals surface area contributed by atoms with E-state index in [1.165, 1.54) is 0 Å². The Bertz CT molecular complexity index is 479. The highest BCUT2D eigenvalue weighted by Crippen LogP contribution is 2.23. The van der Waals surface area contributed by atoms with Gasteiger partial charge in [-0.05, 0) is 25.1 Å². The molecular weight excluding hydrogens is 212 g/mol. The minimum absolute atomic E-state index is 0.385. The number of benzene rings is 1. The second-order valence-electron chi connectivity index (χ2n) is 3.24. The smallest absolute Gasteiger partial charge is 0.226 e. The summed E-state index contributed by atoms with van der Waals surface area (Å²) in [6.07, 6.45) is 0. The zero-order valence-electron chi connectivity index (χ0n) is 8.33. The number of aryl methyl sites for hydroxylation is 1. The molecule has 4 heteroatoms. The van der Waals surface area contributed by atoms with Crippen molar-refractivity contribution >= 4 is 11.6 Å². The first kappa shape index (κ1) is 10.2. The van der Waals surface area contributed by atoms with E-state index in [0.717, 1.165) is 17.0 Å². The van der Waals surface area contributed by atoms with Crippen molar-refractivity contribution in [1.82, 2.24) is 4.98 Å². The molecule has 0 amide bonds. The number of hydrogen-bond donors (Lipinski definition) is 1. The number of hydrogen-bond acceptors (Lipinski definition) is 3. The van der Waals surface area contributed by atoms with E-state index in [2.05, 4.69) is 4.98 Å². The molecule has 0 radical (unpaired) electrons. The van der Waals surface area contributed by atoms with E-state index in [1.807, 2.05) is 31.2 Å². The van der Waals surface area contributed by atoms with Crippen molar-refractivity contribution in [2.75, 3.05) is 0 Å². The highest BCUT2D eigenvalue weighted by atomic mass is 35.5. The lowest BCUT2D eigenvalue weighted by Gasteiger charge is -1.94. The van der Waals surface area contributed by atoms with Gasteiger partial charge < -0.3 is 10.2 Å². The molecule has 3 nitrogen and oxygen atoms in total. The number of halogens is 1. The van der Waals surface area contributed by atoms with Crippen LogP contribution in [0.3, 0.4) is 0 Å². The molecule has 0 atom stereocenters. The third-order valence-corrected chi connectivity index (χ3v) is 2.39. The molecule has 0 saturated heterocycles. The molecule has 0 aliphatic carbocycles. The first-order chi connectivity index (χ1) is 7.20. The van der Waals surface area contributed by atoms with Crippen LogP contribution in [0.4, 0.5) is 0 Å². The molecule has 1 aromatic carbocycles. The summed E-state index contributed by atoms with van der Waals surface area (Å²) in [6.45, 7) is 2.24. The average molecular weight is 223 g/mol. The van der Waals surface area contributed by atoms with Gasteiger partial charge in [-0.25, -0.2) is 4.98 Å². The van der Waals surface area contributed by atoms with Crippen LogP contribution >= 0.6 is 11.6 Å². The van der Waals surface area contributed by atoms with Gasteiger partial charge in [-0.2, -0.15) is 0 Å². The predicted octanol–water partition coefficient (Wildman–Crippen LogP) is 2.76. The van der Waals surface area contributed by atoms with Gasteiger partial charge in [0.25, 0.3) is 0 Å². The number of nitrogens with two attached hydrogens (primary N) is 1. The van der Waals surface area contributed by atoms with Crippen LogP contribution in [0.15, 0.2) is 28.7 Å². The van der Waals surface area contributed by atoms with E-state index in [1.54, 1.807) is 0 Å². The third-order valence-electron chi connectivity index (χ3n) is 2.16. The molecule has 2 rings (SSSR count). The summed E-state index contributed by atoms with van der Waals surface area (Å²) in [6, 6.07) is 7.38. The third kappa shape index (κ3) is 2.03. The van der Waals surface area contributed by atoms with Crippen LogP contribution in [0, 0.1) is 6.92 Å². The highest BCUT2D eigenvalue weighted by Gasteiger charge is 2.09. The van der Waals surface area contributed by atoms with E-state index >= 15 is 0 Å². The fourth-order valence-corrected chi connectivity index (χ4v) is 1.55. The Morgan fingerprint density at radius 3 is 2.87 bits per heavy atom. The Morgan fingerprint density at radius 2 is 2.27 bits per heavy atom. The van der Waals surface area contributed by atoms with Crippen LogP contribution < -0.4 is 5.73 Å². The maximum Gasteiger partial charge on any atom is 0.226 e. The lowest BCUT2D eigenvalue weighted by Crippen LogP contribution is -1.97. The van der Waals surface area contributed by atoms with Gasteiger partial charge in [0.05, 0.1) is 5.69 Å². The summed E-state index contributed by atoms with van der Waals surface area (Å²) >= 11 is 5.88. The molecule has 0 saturated carbocycles. The van der Waals surface area contributed by atoms with E-state index in [9.17, 15) is 0 Å². The van der Waals surface area contributed by atoms with Gasteiger partial charge in [0.2, 0.25) is 5.89 Å². The lowest BCUT2D eigenvalue weighted by atomic mass is 10.2. The highest BCUT2D eigenvalue weighted by molar-refractivity contribution is 6.30. The molecule has 0 aliphatic heterocycles. The molecule has 1 aromatic heterocycles. The van der Waals surface area contributed by atoms with Gasteiger partial charge in [0.1, 0.15) is 5.76 Å². The Labute approximate surface area is 92.9 Å². The fraction of sp³-hybridized carbons (Fsp3) is 0.182. The second kappa shape index (κ2) is 4.04. The fourth-order valence-electron chi connectivity index (χ4n) is 1.36. The van der Waals surface area contributed by atoms with Crippen molar-refractivity contribution in [3.8, 4) is 11.5 Å². The second-order valence-corrected chi connectivity index (χ2v) is 3.67. The number of aromatic nitrogens is 1. The minimum Gasteiger partial charge on any atom is -0.441 e. The summed E-state index contributed by atoms with van der Waals surface area (Å²) in [5, 5.41) is 0.664. The Balaban J connectivity index is 2.45. The van der Waals surface area contributed by atoms with Crippen LogP contribution in [0.1, 0.15) is 11.5 Å². The van der Waals surface area contributed by atoms with Gasteiger partial charge in [0, 0.05) is 17.1 Å². The van der Waals surface area contributed by atoms with Crippen molar-refractivity contribution in [2.45, 2.75) is 13.5 Å². The molecule has 0 unspecified atom stereocenters. The predicted molar refractivity (Wildman–Crippen MR) is 59.6 cm³/mol. The lowest BCUT2D eigenvalue weighted by molar-refractivity contribution is 0.539. The summed E-state index contributed by atoms with van der Waals surface area (Å²) in [7, 11) is 0. The van der Waals surface area contributed by atoms with Crippen molar-refractivity contribution < 1.29 is 4.42 Å². The molecular formula is C11H11ClN2O. The molecule has 2 N–H and O–H groups in total. The summed E-state index contributed by atoms with van der Waals surface area (Å²) in [5.74, 6) is 1.32. The monoisotopic (exact) mass is 222 g/mol. The van der Waals surface area contributed by atoms with Gasteiger partial charge in [-0.3, -0.25) is 0 Å². The maximum absolute atomic E-state index is 5.88. The van der Waals surface area contributed by atoms with Gasteiger partial charge in [-0.1, -0.05) is 17.7 Å². The van der Waals surface area contributed by atoms with Crippen LogP contribution in [0.25, 0.3) is 11.5 Å². The zero-order valence-corrected chi connectivity index (χ0v) is 9.08. The first-order valence-corrected chi connectivity index (χ1v) is 5.01. The molecule has 0 fully saturated rings. The van der Waals surface area contributed by atoms with E-state index < -0.39 is 0 Å². The average Bonchev–Trinajstić information content (AvgIpc) is 2.60. The molecule has 2 aromatic rings. The zero-order chi connectivity index (χ0) is 10.8. The van der Waals surface area contributed by atoms with Gasteiger partial charge in [-0.15, -0.1) is 0 Å². The van der Waals surface area contributed by atoms with Crippen LogP contribution in [-0.2, 0) is 6.54 Å². The van der Waals surface area contributed by atoms with Crippen molar-refractivity contribution in [3.05, 3.63) is 40.7 Å². The largest absolute Gasteiger partial charge is 0.441 e. The standard InChI is InChI=1S/C11H11ClN2O/c1-7-10(6-13)14-11(15-7)8-3-2-4-9(12)5-8/h2-5H,6,13H2,1H3. The van der Waals surface area contributed by atoms with E-state index in [0.29, 0.717) is 17.5 Å². The van der Waals surface area contributed by atoms with Crippen LogP contribution in [0.5, 0.6) is 0 Å². The number of oxazole rings is 1. The van der Waals surface area contributed by atoms with Crippen molar-refractivity contribution in [1.29, 1.82) is 0 Å².